The zero-order valence-electron chi connectivity index (χ0n) is 15.2. The van der Waals surface area contributed by atoms with Gasteiger partial charge in [-0.3, -0.25) is 9.79 Å². The van der Waals surface area contributed by atoms with Crippen LogP contribution in [0.15, 0.2) is 29.3 Å². The van der Waals surface area contributed by atoms with Crippen molar-refractivity contribution < 1.29 is 9.53 Å². The highest BCUT2D eigenvalue weighted by Crippen LogP contribution is 2.28. The third-order valence-electron chi connectivity index (χ3n) is 3.77. The van der Waals surface area contributed by atoms with Crippen molar-refractivity contribution >= 4 is 35.8 Å². The van der Waals surface area contributed by atoms with Crippen molar-refractivity contribution in [1.29, 1.82) is 0 Å². The Hall–Kier alpha value is -1.51. The largest absolute Gasteiger partial charge is 0.489 e. The highest BCUT2D eigenvalue weighted by Gasteiger charge is 2.28. The Morgan fingerprint density at radius 2 is 2.00 bits per heavy atom. The second kappa shape index (κ2) is 11.2. The molecule has 25 heavy (non-hydrogen) atoms. The molecule has 2 rings (SSSR count). The van der Waals surface area contributed by atoms with Gasteiger partial charge in [0.2, 0.25) is 5.91 Å². The molecule has 1 saturated carbocycles. The number of aliphatic imine (C=N–C) groups is 1. The third kappa shape index (κ3) is 8.42. The first-order chi connectivity index (χ1) is 11.6. The van der Waals surface area contributed by atoms with E-state index < -0.39 is 0 Å². The molecule has 1 aromatic rings. The van der Waals surface area contributed by atoms with Crippen LogP contribution >= 0.6 is 24.0 Å². The van der Waals surface area contributed by atoms with Crippen molar-refractivity contribution in [2.45, 2.75) is 32.8 Å². The first kappa shape index (κ1) is 21.5. The lowest BCUT2D eigenvalue weighted by Gasteiger charge is -2.18. The molecule has 1 aliphatic carbocycles. The molecule has 0 aliphatic heterocycles. The predicted octanol–water partition coefficient (Wildman–Crippen LogP) is 2.07. The number of carbonyl (C=O) groups excluding carboxylic acids is 1. The Bertz CT molecular complexity index is 576. The van der Waals surface area contributed by atoms with E-state index in [2.05, 4.69) is 20.9 Å². The number of halogens is 1. The monoisotopic (exact) mass is 460 g/mol. The number of ether oxygens (including phenoxy) is 1. The van der Waals surface area contributed by atoms with Gasteiger partial charge in [0.1, 0.15) is 11.9 Å². The van der Waals surface area contributed by atoms with Crippen LogP contribution in [0.25, 0.3) is 0 Å². The molecule has 1 fully saturated rings. The van der Waals surface area contributed by atoms with Gasteiger partial charge in [0.05, 0.1) is 6.54 Å². The Morgan fingerprint density at radius 3 is 2.64 bits per heavy atom. The van der Waals surface area contributed by atoms with Crippen LogP contribution in [0.4, 0.5) is 0 Å². The van der Waals surface area contributed by atoms with Crippen LogP contribution in [0.2, 0.25) is 0 Å². The van der Waals surface area contributed by atoms with E-state index in [9.17, 15) is 4.79 Å². The number of nitrogens with zero attached hydrogens (tertiary/aromatic N) is 1. The van der Waals surface area contributed by atoms with Gasteiger partial charge in [0.25, 0.3) is 0 Å². The lowest BCUT2D eigenvalue weighted by molar-refractivity contribution is -0.122. The molecule has 1 unspecified atom stereocenters. The number of hydrogen-bond acceptors (Lipinski definition) is 3. The van der Waals surface area contributed by atoms with E-state index in [4.69, 9.17) is 4.74 Å². The Labute approximate surface area is 167 Å². The van der Waals surface area contributed by atoms with Crippen molar-refractivity contribution in [2.75, 3.05) is 26.7 Å². The minimum absolute atomic E-state index is 0. The number of aryl methyl sites for hydroxylation is 1. The average Bonchev–Trinajstić information content (AvgIpc) is 3.39. The van der Waals surface area contributed by atoms with E-state index in [1.54, 1.807) is 7.05 Å². The second-order valence-corrected chi connectivity index (χ2v) is 6.19. The molecule has 7 heteroatoms. The number of guanidine groups is 1. The number of nitrogens with one attached hydrogen (secondary N) is 3. The summed E-state index contributed by atoms with van der Waals surface area (Å²) < 4.78 is 5.88. The average molecular weight is 460 g/mol. The van der Waals surface area contributed by atoms with E-state index >= 15 is 0 Å². The van der Waals surface area contributed by atoms with Crippen molar-refractivity contribution in [3.05, 3.63) is 29.8 Å². The van der Waals surface area contributed by atoms with Gasteiger partial charge in [-0.05, 0) is 44.4 Å². The fraction of sp³-hybridized carbons (Fsp3) is 0.556. The summed E-state index contributed by atoms with van der Waals surface area (Å²) in [7, 11) is 1.73. The maximum absolute atomic E-state index is 11.5. The molecular weight excluding hydrogens is 431 g/mol. The Kier molecular flexibility index (Phi) is 9.62. The van der Waals surface area contributed by atoms with Gasteiger partial charge < -0.3 is 20.7 Å². The molecule has 6 nitrogen and oxygen atoms in total. The third-order valence-corrected chi connectivity index (χ3v) is 3.77. The number of benzene rings is 1. The Morgan fingerprint density at radius 1 is 1.28 bits per heavy atom. The maximum Gasteiger partial charge on any atom is 0.223 e. The van der Waals surface area contributed by atoms with Crippen molar-refractivity contribution in [3.63, 3.8) is 0 Å². The summed E-state index contributed by atoms with van der Waals surface area (Å²) in [6.45, 7) is 5.95. The predicted molar refractivity (Wildman–Crippen MR) is 112 cm³/mol. The van der Waals surface area contributed by atoms with Gasteiger partial charge in [0.15, 0.2) is 5.96 Å². The van der Waals surface area contributed by atoms with Crippen molar-refractivity contribution in [3.8, 4) is 5.75 Å². The van der Waals surface area contributed by atoms with Crippen LogP contribution in [0, 0.1) is 12.8 Å². The second-order valence-electron chi connectivity index (χ2n) is 6.19. The molecular formula is C18H29IN4O2. The summed E-state index contributed by atoms with van der Waals surface area (Å²) in [6.07, 6.45) is 2.07. The zero-order valence-corrected chi connectivity index (χ0v) is 17.5. The summed E-state index contributed by atoms with van der Waals surface area (Å²) in [5.41, 5.74) is 1.18. The highest BCUT2D eigenvalue weighted by atomic mass is 127. The first-order valence-corrected chi connectivity index (χ1v) is 8.54. The molecule has 0 aromatic heterocycles. The molecule has 1 aromatic carbocycles. The SMILES string of the molecule is CN=C(NCCNC(=O)C1CC1)NCC(C)Oc1cccc(C)c1.I. The van der Waals surface area contributed by atoms with Gasteiger partial charge >= 0.3 is 0 Å². The van der Waals surface area contributed by atoms with E-state index in [1.807, 2.05) is 38.1 Å². The standard InChI is InChI=1S/C18H28N4O2.HI/c1-13-5-4-6-16(11-13)24-14(2)12-22-18(19-3)21-10-9-20-17(23)15-7-8-15;/h4-6,11,14-15H,7-10,12H2,1-3H3,(H,20,23)(H2,19,21,22);1H. The van der Waals surface area contributed by atoms with Gasteiger partial charge in [0, 0.05) is 26.1 Å². The molecule has 1 atom stereocenters. The molecule has 0 spiro atoms. The fourth-order valence-electron chi connectivity index (χ4n) is 2.28. The fourth-order valence-corrected chi connectivity index (χ4v) is 2.28. The highest BCUT2D eigenvalue weighted by molar-refractivity contribution is 14.0. The van der Waals surface area contributed by atoms with Crippen molar-refractivity contribution in [2.24, 2.45) is 10.9 Å². The Balaban J connectivity index is 0.00000312. The smallest absolute Gasteiger partial charge is 0.223 e. The van der Waals surface area contributed by atoms with Gasteiger partial charge in [-0.15, -0.1) is 24.0 Å². The van der Waals surface area contributed by atoms with Crippen LogP contribution in [0.3, 0.4) is 0 Å². The molecule has 3 N–H and O–H groups in total. The van der Waals surface area contributed by atoms with E-state index in [0.717, 1.165) is 18.6 Å². The summed E-state index contributed by atoms with van der Waals surface area (Å²) in [6, 6.07) is 8.01. The summed E-state index contributed by atoms with van der Waals surface area (Å²) >= 11 is 0. The topological polar surface area (TPSA) is 74.8 Å². The summed E-state index contributed by atoms with van der Waals surface area (Å²) in [5.74, 6) is 1.99. The van der Waals surface area contributed by atoms with Crippen molar-refractivity contribution in [1.82, 2.24) is 16.0 Å². The maximum atomic E-state index is 11.5. The van der Waals surface area contributed by atoms with Crippen LogP contribution in [0.5, 0.6) is 5.75 Å². The van der Waals surface area contributed by atoms with Crippen LogP contribution in [-0.2, 0) is 4.79 Å². The molecule has 0 heterocycles. The van der Waals surface area contributed by atoms with E-state index in [-0.39, 0.29) is 41.9 Å². The number of amides is 1. The molecule has 0 bridgehead atoms. The summed E-state index contributed by atoms with van der Waals surface area (Å²) in [5, 5.41) is 9.33. The van der Waals surface area contributed by atoms with Gasteiger partial charge in [-0.2, -0.15) is 0 Å². The summed E-state index contributed by atoms with van der Waals surface area (Å²) in [4.78, 5) is 15.7. The van der Waals surface area contributed by atoms with Crippen LogP contribution in [0.1, 0.15) is 25.3 Å². The molecule has 1 amide bonds. The lowest BCUT2D eigenvalue weighted by atomic mass is 10.2. The number of hydrogen-bond donors (Lipinski definition) is 3. The molecule has 1 aliphatic rings. The van der Waals surface area contributed by atoms with E-state index in [0.29, 0.717) is 25.6 Å². The minimum atomic E-state index is 0. The number of carbonyl (C=O) groups is 1. The van der Waals surface area contributed by atoms with Crippen LogP contribution in [-0.4, -0.2) is 44.7 Å². The first-order valence-electron chi connectivity index (χ1n) is 8.54. The van der Waals surface area contributed by atoms with Gasteiger partial charge in [-0.1, -0.05) is 12.1 Å². The number of rotatable bonds is 8. The quantitative estimate of drug-likeness (QED) is 0.240. The van der Waals surface area contributed by atoms with Crippen LogP contribution < -0.4 is 20.7 Å². The van der Waals surface area contributed by atoms with E-state index in [1.165, 1.54) is 5.56 Å². The van der Waals surface area contributed by atoms with Gasteiger partial charge in [-0.25, -0.2) is 0 Å². The molecule has 0 saturated heterocycles. The lowest BCUT2D eigenvalue weighted by Crippen LogP contribution is -2.44. The minimum Gasteiger partial charge on any atom is -0.489 e. The molecule has 0 radical (unpaired) electrons. The normalized spacial score (nSPS) is 14.9. The molecule has 140 valence electrons. The zero-order chi connectivity index (χ0) is 17.4.